The topological polar surface area (TPSA) is 75.1 Å². The Labute approximate surface area is 132 Å². The molecule has 0 radical (unpaired) electrons. The Morgan fingerprint density at radius 1 is 1.22 bits per heavy atom. The zero-order chi connectivity index (χ0) is 16.2. The van der Waals surface area contributed by atoms with Crippen LogP contribution in [0.2, 0.25) is 0 Å². The Morgan fingerprint density at radius 2 is 2.00 bits per heavy atom. The lowest BCUT2D eigenvalue weighted by Gasteiger charge is -2.19. The molecule has 1 aliphatic carbocycles. The maximum absolute atomic E-state index is 12.1. The molecule has 0 unspecified atom stereocenters. The predicted octanol–water partition coefficient (Wildman–Crippen LogP) is 1.05. The molecule has 116 valence electrons. The maximum atomic E-state index is 12.1. The average Bonchev–Trinajstić information content (AvgIpc) is 3.03. The minimum absolute atomic E-state index is 0.0196. The summed E-state index contributed by atoms with van der Waals surface area (Å²) in [6.45, 7) is -0.0196. The van der Waals surface area contributed by atoms with E-state index in [1.54, 1.807) is 0 Å². The third kappa shape index (κ3) is 3.17. The summed E-state index contributed by atoms with van der Waals surface area (Å²) in [4.78, 5) is 26.3. The van der Waals surface area contributed by atoms with Crippen molar-refractivity contribution < 1.29 is 5.11 Å². The predicted molar refractivity (Wildman–Crippen MR) is 87.1 cm³/mol. The van der Waals surface area contributed by atoms with Crippen LogP contribution in [-0.4, -0.2) is 21.3 Å². The number of nitrogens with one attached hydrogen (secondary N) is 1. The summed E-state index contributed by atoms with van der Waals surface area (Å²) in [6, 6.07) is 9.05. The van der Waals surface area contributed by atoms with E-state index in [-0.39, 0.29) is 24.1 Å². The van der Waals surface area contributed by atoms with Crippen molar-refractivity contribution in [1.82, 2.24) is 9.55 Å². The molecule has 0 saturated heterocycles. The monoisotopic (exact) mass is 308 g/mol. The molecule has 2 N–H and O–H groups in total. The SMILES string of the molecule is O=c1[nH]c(=O)n([C@@H]2C=CC[C@@H]2CO)cc1C#Cc1ccccc1. The number of aliphatic hydroxyl groups excluding tert-OH is 1. The average molecular weight is 308 g/mol. The van der Waals surface area contributed by atoms with Crippen molar-refractivity contribution in [2.75, 3.05) is 6.61 Å². The minimum Gasteiger partial charge on any atom is -0.396 e. The maximum Gasteiger partial charge on any atom is 0.328 e. The number of rotatable bonds is 2. The van der Waals surface area contributed by atoms with Crippen molar-refractivity contribution in [3.05, 3.63) is 80.6 Å². The first-order valence-electron chi connectivity index (χ1n) is 7.39. The fourth-order valence-electron chi connectivity index (χ4n) is 2.65. The summed E-state index contributed by atoms with van der Waals surface area (Å²) in [6.07, 6.45) is 5.98. The Morgan fingerprint density at radius 3 is 2.74 bits per heavy atom. The summed E-state index contributed by atoms with van der Waals surface area (Å²) in [5.41, 5.74) is 0.0246. The number of hydrogen-bond acceptors (Lipinski definition) is 3. The van der Waals surface area contributed by atoms with Gasteiger partial charge in [0.05, 0.1) is 6.04 Å². The number of aliphatic hydroxyl groups is 1. The number of hydrogen-bond donors (Lipinski definition) is 2. The van der Waals surface area contributed by atoms with Crippen LogP contribution in [0.25, 0.3) is 0 Å². The number of aromatic nitrogens is 2. The molecule has 5 nitrogen and oxygen atoms in total. The van der Waals surface area contributed by atoms with Crippen LogP contribution < -0.4 is 11.2 Å². The third-order valence-electron chi connectivity index (χ3n) is 3.89. The van der Waals surface area contributed by atoms with E-state index < -0.39 is 11.2 Å². The lowest BCUT2D eigenvalue weighted by atomic mass is 10.0. The number of allylic oxidation sites excluding steroid dienone is 2. The van der Waals surface area contributed by atoms with E-state index in [1.807, 2.05) is 42.5 Å². The van der Waals surface area contributed by atoms with Gasteiger partial charge in [0.2, 0.25) is 0 Å². The van der Waals surface area contributed by atoms with Gasteiger partial charge in [-0.2, -0.15) is 0 Å². The molecule has 1 heterocycles. The molecule has 2 atom stereocenters. The van der Waals surface area contributed by atoms with Crippen LogP contribution in [0.15, 0.2) is 58.3 Å². The molecule has 5 heteroatoms. The van der Waals surface area contributed by atoms with Gasteiger partial charge in [-0.1, -0.05) is 42.2 Å². The van der Waals surface area contributed by atoms with Crippen molar-refractivity contribution in [2.24, 2.45) is 5.92 Å². The molecular formula is C18H16N2O3. The number of H-pyrrole nitrogens is 1. The molecule has 1 aromatic heterocycles. The fourth-order valence-corrected chi connectivity index (χ4v) is 2.65. The van der Waals surface area contributed by atoms with Crippen molar-refractivity contribution in [3.63, 3.8) is 0 Å². The first kappa shape index (κ1) is 15.1. The second-order valence-electron chi connectivity index (χ2n) is 5.42. The number of aromatic amines is 1. The molecule has 0 bridgehead atoms. The quantitative estimate of drug-likeness (QED) is 0.643. The van der Waals surface area contributed by atoms with Crippen LogP contribution in [0.4, 0.5) is 0 Å². The molecule has 3 rings (SSSR count). The van der Waals surface area contributed by atoms with Gasteiger partial charge in [0.25, 0.3) is 5.56 Å². The van der Waals surface area contributed by atoms with Crippen LogP contribution in [0.3, 0.4) is 0 Å². The second kappa shape index (κ2) is 6.51. The van der Waals surface area contributed by atoms with Crippen molar-refractivity contribution in [1.29, 1.82) is 0 Å². The Balaban J connectivity index is 2.01. The first-order chi connectivity index (χ1) is 11.2. The Bertz CT molecular complexity index is 898. The highest BCUT2D eigenvalue weighted by molar-refractivity contribution is 5.40. The van der Waals surface area contributed by atoms with Gasteiger partial charge in [-0.3, -0.25) is 14.3 Å². The van der Waals surface area contributed by atoms with Crippen LogP contribution in [0.5, 0.6) is 0 Å². The summed E-state index contributed by atoms with van der Waals surface area (Å²) >= 11 is 0. The van der Waals surface area contributed by atoms with Gasteiger partial charge in [0, 0.05) is 24.3 Å². The normalized spacial score (nSPS) is 19.3. The van der Waals surface area contributed by atoms with Crippen LogP contribution >= 0.6 is 0 Å². The lowest BCUT2D eigenvalue weighted by Crippen LogP contribution is -2.35. The van der Waals surface area contributed by atoms with E-state index in [1.165, 1.54) is 10.8 Å². The molecule has 0 saturated carbocycles. The molecule has 0 spiro atoms. The van der Waals surface area contributed by atoms with Crippen molar-refractivity contribution in [3.8, 4) is 11.8 Å². The number of nitrogens with zero attached hydrogens (tertiary/aromatic N) is 1. The molecule has 0 aliphatic heterocycles. The van der Waals surface area contributed by atoms with Gasteiger partial charge in [-0.25, -0.2) is 4.79 Å². The van der Waals surface area contributed by atoms with Gasteiger partial charge in [-0.15, -0.1) is 0 Å². The second-order valence-corrected chi connectivity index (χ2v) is 5.42. The third-order valence-corrected chi connectivity index (χ3v) is 3.89. The van der Waals surface area contributed by atoms with Crippen LogP contribution in [-0.2, 0) is 0 Å². The van der Waals surface area contributed by atoms with E-state index in [4.69, 9.17) is 0 Å². The molecule has 2 aromatic rings. The largest absolute Gasteiger partial charge is 0.396 e. The van der Waals surface area contributed by atoms with Gasteiger partial charge < -0.3 is 5.11 Å². The van der Waals surface area contributed by atoms with Gasteiger partial charge in [0.15, 0.2) is 0 Å². The minimum atomic E-state index is -0.503. The highest BCUT2D eigenvalue weighted by Crippen LogP contribution is 2.27. The van der Waals surface area contributed by atoms with Gasteiger partial charge in [0.1, 0.15) is 5.56 Å². The molecule has 23 heavy (non-hydrogen) atoms. The molecule has 1 aromatic carbocycles. The van der Waals surface area contributed by atoms with E-state index in [0.29, 0.717) is 6.42 Å². The summed E-state index contributed by atoms with van der Waals surface area (Å²) < 4.78 is 1.43. The number of benzene rings is 1. The smallest absolute Gasteiger partial charge is 0.328 e. The van der Waals surface area contributed by atoms with Crippen LogP contribution in [0.1, 0.15) is 23.6 Å². The van der Waals surface area contributed by atoms with E-state index >= 15 is 0 Å². The zero-order valence-electron chi connectivity index (χ0n) is 12.4. The molecular weight excluding hydrogens is 292 g/mol. The Hall–Kier alpha value is -2.84. The van der Waals surface area contributed by atoms with Crippen molar-refractivity contribution in [2.45, 2.75) is 12.5 Å². The van der Waals surface area contributed by atoms with E-state index in [2.05, 4.69) is 16.8 Å². The van der Waals surface area contributed by atoms with Gasteiger partial charge >= 0.3 is 5.69 Å². The highest BCUT2D eigenvalue weighted by Gasteiger charge is 2.24. The molecule has 1 aliphatic rings. The summed E-state index contributed by atoms with van der Waals surface area (Å²) in [5, 5.41) is 9.41. The summed E-state index contributed by atoms with van der Waals surface area (Å²) in [7, 11) is 0. The lowest BCUT2D eigenvalue weighted by molar-refractivity contribution is 0.202. The first-order valence-corrected chi connectivity index (χ1v) is 7.39. The van der Waals surface area contributed by atoms with Gasteiger partial charge in [-0.05, 0) is 18.6 Å². The van der Waals surface area contributed by atoms with E-state index in [9.17, 15) is 14.7 Å². The highest BCUT2D eigenvalue weighted by atomic mass is 16.3. The van der Waals surface area contributed by atoms with Crippen molar-refractivity contribution >= 4 is 0 Å². The standard InChI is InChI=1S/C18H16N2O3/c21-12-15-7-4-8-16(15)20-11-14(17(22)19-18(20)23)10-9-13-5-2-1-3-6-13/h1-6,8,11,15-16,21H,7,12H2,(H,19,22,23)/t15-,16-/m1/s1. The fraction of sp³-hybridized carbons (Fsp3) is 0.222. The molecule has 0 amide bonds. The summed E-state index contributed by atoms with van der Waals surface area (Å²) in [5.74, 6) is 5.66. The Kier molecular flexibility index (Phi) is 4.26. The zero-order valence-corrected chi connectivity index (χ0v) is 12.4. The van der Waals surface area contributed by atoms with E-state index in [0.717, 1.165) is 5.56 Å². The van der Waals surface area contributed by atoms with Crippen LogP contribution in [0, 0.1) is 17.8 Å². The molecule has 0 fully saturated rings.